The molecule has 0 saturated heterocycles. The Bertz CT molecular complexity index is 418. The van der Waals surface area contributed by atoms with Gasteiger partial charge in [0.25, 0.3) is 0 Å². The van der Waals surface area contributed by atoms with Crippen LogP contribution in [0.3, 0.4) is 0 Å². The third-order valence-corrected chi connectivity index (χ3v) is 3.91. The first kappa shape index (κ1) is 9.94. The van der Waals surface area contributed by atoms with Gasteiger partial charge in [-0.05, 0) is 55.9 Å². The van der Waals surface area contributed by atoms with Gasteiger partial charge in [0.2, 0.25) is 0 Å². The largest absolute Gasteiger partial charge is 0.152 e. The van der Waals surface area contributed by atoms with Gasteiger partial charge in [0.05, 0.1) is 0 Å². The van der Waals surface area contributed by atoms with Gasteiger partial charge in [0.1, 0.15) is 0 Å². The Kier molecular flexibility index (Phi) is 3.04. The molecule has 0 amide bonds. The number of hydrogen-bond acceptors (Lipinski definition) is 1. The van der Waals surface area contributed by atoms with E-state index in [-0.39, 0.29) is 0 Å². The molecule has 72 valence electrons. The molecule has 2 heteroatoms. The molecule has 0 atom stereocenters. The lowest BCUT2D eigenvalue weighted by molar-refractivity contribution is 1.13. The summed E-state index contributed by atoms with van der Waals surface area (Å²) in [5, 5.41) is 4.29. The Morgan fingerprint density at radius 1 is 1.29 bits per heavy atom. The fraction of sp³-hybridized carbons (Fsp3) is 0.167. The molecule has 1 heterocycles. The Morgan fingerprint density at radius 2 is 2.14 bits per heavy atom. The van der Waals surface area contributed by atoms with Crippen LogP contribution >= 0.6 is 27.3 Å². The highest BCUT2D eigenvalue weighted by Gasteiger charge is 2.05. The van der Waals surface area contributed by atoms with Gasteiger partial charge in [-0.3, -0.25) is 0 Å². The molecule has 1 aromatic carbocycles. The van der Waals surface area contributed by atoms with Crippen LogP contribution < -0.4 is 0 Å². The maximum atomic E-state index is 3.67. The van der Waals surface area contributed by atoms with Crippen LogP contribution in [0.5, 0.6) is 0 Å². The highest BCUT2D eigenvalue weighted by Crippen LogP contribution is 2.32. The molecule has 0 nitrogen and oxygen atoms in total. The quantitative estimate of drug-likeness (QED) is 0.737. The Balaban J connectivity index is 2.54. The molecule has 2 aromatic rings. The lowest BCUT2D eigenvalue weighted by Crippen LogP contribution is -1.85. The van der Waals surface area contributed by atoms with Crippen LogP contribution in [-0.2, 0) is 6.42 Å². The number of aryl methyl sites for hydroxylation is 1. The second-order valence-electron chi connectivity index (χ2n) is 3.14. The zero-order chi connectivity index (χ0) is 9.97. The molecule has 2 rings (SSSR count). The zero-order valence-electron chi connectivity index (χ0n) is 7.96. The second kappa shape index (κ2) is 4.28. The van der Waals surface area contributed by atoms with Crippen LogP contribution in [0.2, 0.25) is 0 Å². The van der Waals surface area contributed by atoms with Crippen LogP contribution in [-0.4, -0.2) is 0 Å². The Hall–Kier alpha value is -0.600. The van der Waals surface area contributed by atoms with E-state index in [1.807, 2.05) is 0 Å². The number of benzene rings is 1. The van der Waals surface area contributed by atoms with E-state index >= 15 is 0 Å². The van der Waals surface area contributed by atoms with Crippen molar-refractivity contribution >= 4 is 27.3 Å². The molecular formula is C12H11BrS. The summed E-state index contributed by atoms with van der Waals surface area (Å²) in [4.78, 5) is 0. The van der Waals surface area contributed by atoms with E-state index < -0.39 is 0 Å². The summed E-state index contributed by atoms with van der Waals surface area (Å²) < 4.78 is 1.24. The highest BCUT2D eigenvalue weighted by atomic mass is 79.9. The van der Waals surface area contributed by atoms with E-state index in [1.165, 1.54) is 21.2 Å². The van der Waals surface area contributed by atoms with E-state index in [0.717, 1.165) is 6.42 Å². The minimum Gasteiger partial charge on any atom is -0.152 e. The fourth-order valence-corrected chi connectivity index (χ4v) is 2.92. The molecule has 0 aliphatic heterocycles. The lowest BCUT2D eigenvalue weighted by Gasteiger charge is -2.06. The predicted molar refractivity (Wildman–Crippen MR) is 66.8 cm³/mol. The Labute approximate surface area is 96.7 Å². The van der Waals surface area contributed by atoms with E-state index in [2.05, 4.69) is 57.9 Å². The zero-order valence-corrected chi connectivity index (χ0v) is 10.4. The summed E-state index contributed by atoms with van der Waals surface area (Å²) in [6.45, 7) is 2.18. The van der Waals surface area contributed by atoms with E-state index in [0.29, 0.717) is 0 Å². The summed E-state index contributed by atoms with van der Waals surface area (Å²) in [6.07, 6.45) is 1.07. The van der Waals surface area contributed by atoms with Crippen LogP contribution in [0, 0.1) is 0 Å². The molecule has 0 unspecified atom stereocenters. The molecule has 0 saturated carbocycles. The lowest BCUT2D eigenvalue weighted by atomic mass is 10.0. The molecule has 0 spiro atoms. The van der Waals surface area contributed by atoms with Crippen molar-refractivity contribution in [3.05, 3.63) is 45.1 Å². The van der Waals surface area contributed by atoms with Gasteiger partial charge in [-0.25, -0.2) is 0 Å². The second-order valence-corrected chi connectivity index (χ2v) is 4.72. The topological polar surface area (TPSA) is 0 Å². The maximum Gasteiger partial charge on any atom is 0.0285 e. The molecule has 14 heavy (non-hydrogen) atoms. The van der Waals surface area contributed by atoms with E-state index in [1.54, 1.807) is 11.3 Å². The fourth-order valence-electron chi connectivity index (χ4n) is 1.49. The summed E-state index contributed by atoms with van der Waals surface area (Å²) in [6, 6.07) is 8.60. The minimum atomic E-state index is 1.07. The summed E-state index contributed by atoms with van der Waals surface area (Å²) in [5.41, 5.74) is 3.97. The smallest absolute Gasteiger partial charge is 0.0285 e. The maximum absolute atomic E-state index is 3.67. The number of hydrogen-bond donors (Lipinski definition) is 0. The first-order chi connectivity index (χ1) is 6.83. The number of halogens is 1. The van der Waals surface area contributed by atoms with E-state index in [4.69, 9.17) is 0 Å². The van der Waals surface area contributed by atoms with Crippen molar-refractivity contribution in [2.45, 2.75) is 13.3 Å². The molecule has 0 fully saturated rings. The highest BCUT2D eigenvalue weighted by molar-refractivity contribution is 9.10. The first-order valence-corrected chi connectivity index (χ1v) is 6.36. The SMILES string of the molecule is CCc1cccc(-c2ccsc2)c1Br. The third-order valence-electron chi connectivity index (χ3n) is 2.29. The Morgan fingerprint density at radius 3 is 2.79 bits per heavy atom. The van der Waals surface area contributed by atoms with Gasteiger partial charge in [0.15, 0.2) is 0 Å². The molecule has 0 radical (unpaired) electrons. The van der Waals surface area contributed by atoms with Crippen molar-refractivity contribution in [3.63, 3.8) is 0 Å². The van der Waals surface area contributed by atoms with Crippen molar-refractivity contribution < 1.29 is 0 Å². The predicted octanol–water partition coefficient (Wildman–Crippen LogP) is 4.74. The molecule has 1 aromatic heterocycles. The van der Waals surface area contributed by atoms with Gasteiger partial charge in [-0.15, -0.1) is 0 Å². The summed E-state index contributed by atoms with van der Waals surface area (Å²) >= 11 is 5.40. The average molecular weight is 267 g/mol. The monoisotopic (exact) mass is 266 g/mol. The van der Waals surface area contributed by atoms with Crippen molar-refractivity contribution in [2.75, 3.05) is 0 Å². The van der Waals surface area contributed by atoms with Gasteiger partial charge in [-0.1, -0.05) is 25.1 Å². The average Bonchev–Trinajstić information content (AvgIpc) is 2.71. The summed E-state index contributed by atoms with van der Waals surface area (Å²) in [7, 11) is 0. The minimum absolute atomic E-state index is 1.07. The van der Waals surface area contributed by atoms with Crippen LogP contribution in [0.15, 0.2) is 39.5 Å². The van der Waals surface area contributed by atoms with Crippen LogP contribution in [0.4, 0.5) is 0 Å². The number of rotatable bonds is 2. The van der Waals surface area contributed by atoms with E-state index in [9.17, 15) is 0 Å². The number of thiophene rings is 1. The molecule has 0 aliphatic rings. The standard InChI is InChI=1S/C12H11BrS/c1-2-9-4-3-5-11(12(9)13)10-6-7-14-8-10/h3-8H,2H2,1H3. The van der Waals surface area contributed by atoms with Crippen molar-refractivity contribution in [1.82, 2.24) is 0 Å². The van der Waals surface area contributed by atoms with Gasteiger partial charge < -0.3 is 0 Å². The molecule has 0 bridgehead atoms. The van der Waals surface area contributed by atoms with Gasteiger partial charge in [-0.2, -0.15) is 11.3 Å². The van der Waals surface area contributed by atoms with Crippen molar-refractivity contribution in [1.29, 1.82) is 0 Å². The van der Waals surface area contributed by atoms with Crippen LogP contribution in [0.1, 0.15) is 12.5 Å². The first-order valence-electron chi connectivity index (χ1n) is 4.63. The molecule has 0 N–H and O–H groups in total. The van der Waals surface area contributed by atoms with Crippen molar-refractivity contribution in [3.8, 4) is 11.1 Å². The molecular weight excluding hydrogens is 256 g/mol. The normalized spacial score (nSPS) is 10.4. The van der Waals surface area contributed by atoms with Crippen molar-refractivity contribution in [2.24, 2.45) is 0 Å². The third kappa shape index (κ3) is 1.77. The van der Waals surface area contributed by atoms with Crippen LogP contribution in [0.25, 0.3) is 11.1 Å². The molecule has 0 aliphatic carbocycles. The summed E-state index contributed by atoms with van der Waals surface area (Å²) in [5.74, 6) is 0. The van der Waals surface area contributed by atoms with Gasteiger partial charge in [0, 0.05) is 4.47 Å². The van der Waals surface area contributed by atoms with Gasteiger partial charge >= 0.3 is 0 Å².